The summed E-state index contributed by atoms with van der Waals surface area (Å²) in [7, 11) is 0. The molecule has 0 bridgehead atoms. The number of alkyl halides is 3. The average Bonchev–Trinajstić information content (AvgIpc) is 3.39. The highest BCUT2D eigenvalue weighted by Crippen LogP contribution is 2.33. The van der Waals surface area contributed by atoms with Gasteiger partial charge in [-0.05, 0) is 30.9 Å². The average molecular weight is 342 g/mol. The van der Waals surface area contributed by atoms with Crippen molar-refractivity contribution in [3.63, 3.8) is 0 Å². The molecule has 132 valence electrons. The van der Waals surface area contributed by atoms with Gasteiger partial charge in [-0.15, -0.1) is 0 Å². The van der Waals surface area contributed by atoms with Crippen molar-refractivity contribution in [2.24, 2.45) is 5.92 Å². The fraction of sp³-hybridized carbons (Fsp3) is 0.588. The number of amides is 1. The van der Waals surface area contributed by atoms with Gasteiger partial charge in [0.2, 0.25) is 0 Å². The third-order valence-electron chi connectivity index (χ3n) is 4.73. The van der Waals surface area contributed by atoms with Crippen molar-refractivity contribution in [2.75, 3.05) is 32.7 Å². The van der Waals surface area contributed by atoms with E-state index in [1.54, 1.807) is 0 Å². The molecule has 1 saturated heterocycles. The topological polar surface area (TPSA) is 43.8 Å². The van der Waals surface area contributed by atoms with Crippen LogP contribution in [0.3, 0.4) is 0 Å². The van der Waals surface area contributed by atoms with E-state index >= 15 is 0 Å². The minimum absolute atomic E-state index is 0.295. The minimum atomic E-state index is -4.54. The van der Waals surface area contributed by atoms with Crippen LogP contribution in [-0.2, 0) is 6.18 Å². The van der Waals surface area contributed by atoms with Gasteiger partial charge in [0.1, 0.15) is 0 Å². The molecule has 3 rings (SSSR count). The number of nitrogens with zero attached hydrogens (tertiary/aromatic N) is 2. The summed E-state index contributed by atoms with van der Waals surface area (Å²) in [6, 6.07) is 4.91. The van der Waals surface area contributed by atoms with Crippen molar-refractivity contribution in [2.45, 2.75) is 25.1 Å². The molecule has 4 nitrogen and oxygen atoms in total. The number of carbonyl (C=O) groups excluding carboxylic acids is 1. The molecule has 7 heteroatoms. The van der Waals surface area contributed by atoms with Gasteiger partial charge in [-0.25, -0.2) is 0 Å². The summed E-state index contributed by atoms with van der Waals surface area (Å²) in [5, 5.41) is 9.97. The maximum absolute atomic E-state index is 13.1. The normalized spacial score (nSPS) is 20.9. The molecule has 1 aliphatic heterocycles. The minimum Gasteiger partial charge on any atom is -0.392 e. The molecule has 1 N–H and O–H groups in total. The molecule has 1 atom stereocenters. The second kappa shape index (κ2) is 6.72. The van der Waals surface area contributed by atoms with Crippen LogP contribution in [0.5, 0.6) is 0 Å². The number of carbonyl (C=O) groups is 1. The van der Waals surface area contributed by atoms with Crippen molar-refractivity contribution < 1.29 is 23.1 Å². The van der Waals surface area contributed by atoms with Crippen LogP contribution in [0.1, 0.15) is 28.8 Å². The van der Waals surface area contributed by atoms with Crippen LogP contribution in [0, 0.1) is 5.92 Å². The quantitative estimate of drug-likeness (QED) is 0.913. The van der Waals surface area contributed by atoms with Crippen molar-refractivity contribution in [1.29, 1.82) is 0 Å². The summed E-state index contributed by atoms with van der Waals surface area (Å²) in [6.45, 7) is 2.48. The number of hydrogen-bond acceptors (Lipinski definition) is 3. The lowest BCUT2D eigenvalue weighted by molar-refractivity contribution is -0.138. The Morgan fingerprint density at radius 2 is 1.79 bits per heavy atom. The molecule has 2 fully saturated rings. The van der Waals surface area contributed by atoms with E-state index in [0.717, 1.165) is 18.9 Å². The second-order valence-electron chi connectivity index (χ2n) is 6.54. The first-order valence-electron chi connectivity index (χ1n) is 8.22. The molecule has 1 saturated carbocycles. The van der Waals surface area contributed by atoms with Gasteiger partial charge in [0.05, 0.1) is 17.2 Å². The molecule has 1 unspecified atom stereocenters. The highest BCUT2D eigenvalue weighted by atomic mass is 19.4. The zero-order valence-corrected chi connectivity index (χ0v) is 13.3. The first kappa shape index (κ1) is 17.2. The van der Waals surface area contributed by atoms with Crippen molar-refractivity contribution >= 4 is 5.91 Å². The Bertz CT molecular complexity index is 594. The SMILES string of the molecule is O=C(c1ccccc1C(F)(F)F)N1CCN(CC(O)C2CC2)CC1. The molecule has 1 aromatic rings. The molecular formula is C17H21F3N2O2. The Labute approximate surface area is 138 Å². The van der Waals surface area contributed by atoms with Gasteiger partial charge in [-0.3, -0.25) is 9.69 Å². The molecule has 1 aliphatic carbocycles. The van der Waals surface area contributed by atoms with E-state index < -0.39 is 17.6 Å². The van der Waals surface area contributed by atoms with Gasteiger partial charge in [-0.2, -0.15) is 13.2 Å². The van der Waals surface area contributed by atoms with Crippen molar-refractivity contribution in [1.82, 2.24) is 9.80 Å². The predicted molar refractivity (Wildman–Crippen MR) is 82.5 cm³/mol. The predicted octanol–water partition coefficient (Wildman–Crippen LogP) is 2.23. The number of aliphatic hydroxyl groups excluding tert-OH is 1. The van der Waals surface area contributed by atoms with Crippen molar-refractivity contribution in [3.05, 3.63) is 35.4 Å². The third kappa shape index (κ3) is 3.89. The maximum Gasteiger partial charge on any atom is 0.417 e. The van der Waals surface area contributed by atoms with Gasteiger partial charge in [0.15, 0.2) is 0 Å². The van der Waals surface area contributed by atoms with Crippen LogP contribution in [0.4, 0.5) is 13.2 Å². The summed E-state index contributed by atoms with van der Waals surface area (Å²) < 4.78 is 39.2. The lowest BCUT2D eigenvalue weighted by Crippen LogP contribution is -2.50. The Morgan fingerprint density at radius 1 is 1.17 bits per heavy atom. The lowest BCUT2D eigenvalue weighted by atomic mass is 10.1. The van der Waals surface area contributed by atoms with Gasteiger partial charge in [0.25, 0.3) is 5.91 Å². The molecule has 1 aromatic carbocycles. The molecule has 1 amide bonds. The van der Waals surface area contributed by atoms with E-state index in [4.69, 9.17) is 0 Å². The van der Waals surface area contributed by atoms with Crippen LogP contribution in [0.15, 0.2) is 24.3 Å². The Kier molecular flexibility index (Phi) is 4.83. The van der Waals surface area contributed by atoms with Crippen LogP contribution in [0.25, 0.3) is 0 Å². The number of aliphatic hydroxyl groups is 1. The molecule has 0 aromatic heterocycles. The number of halogens is 3. The fourth-order valence-electron chi connectivity index (χ4n) is 3.12. The number of piperazine rings is 1. The molecule has 24 heavy (non-hydrogen) atoms. The first-order valence-corrected chi connectivity index (χ1v) is 8.22. The Balaban J connectivity index is 1.61. The molecule has 0 radical (unpaired) electrons. The second-order valence-corrected chi connectivity index (χ2v) is 6.54. The van der Waals surface area contributed by atoms with Crippen LogP contribution in [-0.4, -0.2) is 59.6 Å². The van der Waals surface area contributed by atoms with Gasteiger partial charge >= 0.3 is 6.18 Å². The van der Waals surface area contributed by atoms with E-state index in [-0.39, 0.29) is 11.7 Å². The van der Waals surface area contributed by atoms with Crippen molar-refractivity contribution in [3.8, 4) is 0 Å². The molecular weight excluding hydrogens is 321 g/mol. The highest BCUT2D eigenvalue weighted by Gasteiger charge is 2.37. The summed E-state index contributed by atoms with van der Waals surface area (Å²) in [5.74, 6) is -0.186. The summed E-state index contributed by atoms with van der Waals surface area (Å²) in [5.41, 5.74) is -1.18. The molecule has 1 heterocycles. The van der Waals surface area contributed by atoms with E-state index in [1.807, 2.05) is 0 Å². The first-order chi connectivity index (χ1) is 11.4. The smallest absolute Gasteiger partial charge is 0.392 e. The van der Waals surface area contributed by atoms with Crippen LogP contribution < -0.4 is 0 Å². The van der Waals surface area contributed by atoms with E-state index in [0.29, 0.717) is 38.6 Å². The van der Waals surface area contributed by atoms with Crippen LogP contribution >= 0.6 is 0 Å². The van der Waals surface area contributed by atoms with Crippen LogP contribution in [0.2, 0.25) is 0 Å². The maximum atomic E-state index is 13.1. The zero-order valence-electron chi connectivity index (χ0n) is 13.3. The third-order valence-corrected chi connectivity index (χ3v) is 4.73. The largest absolute Gasteiger partial charge is 0.417 e. The monoisotopic (exact) mass is 342 g/mol. The molecule has 2 aliphatic rings. The fourth-order valence-corrected chi connectivity index (χ4v) is 3.12. The van der Waals surface area contributed by atoms with Gasteiger partial charge in [0, 0.05) is 32.7 Å². The zero-order chi connectivity index (χ0) is 17.3. The standard InChI is InChI=1S/C17H21F3N2O2/c18-17(19,20)14-4-2-1-3-13(14)16(24)22-9-7-21(8-10-22)11-15(23)12-5-6-12/h1-4,12,15,23H,5-11H2. The lowest BCUT2D eigenvalue weighted by Gasteiger charge is -2.36. The highest BCUT2D eigenvalue weighted by molar-refractivity contribution is 5.96. The number of benzene rings is 1. The summed E-state index contributed by atoms with van der Waals surface area (Å²) in [4.78, 5) is 16.0. The Morgan fingerprint density at radius 3 is 2.38 bits per heavy atom. The number of rotatable bonds is 4. The van der Waals surface area contributed by atoms with Gasteiger partial charge in [-0.1, -0.05) is 12.1 Å². The summed E-state index contributed by atoms with van der Waals surface area (Å²) in [6.07, 6.45) is -2.75. The van der Waals surface area contributed by atoms with E-state index in [1.165, 1.54) is 23.1 Å². The number of β-amino-alcohol motifs (C(OH)–C–C–N with tert-alkyl or cyclic N) is 1. The molecule has 0 spiro atoms. The number of hydrogen-bond donors (Lipinski definition) is 1. The summed E-state index contributed by atoms with van der Waals surface area (Å²) >= 11 is 0. The Hall–Kier alpha value is -1.60. The van der Waals surface area contributed by atoms with E-state index in [9.17, 15) is 23.1 Å². The van der Waals surface area contributed by atoms with Gasteiger partial charge < -0.3 is 10.0 Å². The van der Waals surface area contributed by atoms with E-state index in [2.05, 4.69) is 4.90 Å².